The molecule has 1 aliphatic heterocycles. The summed E-state index contributed by atoms with van der Waals surface area (Å²) in [5.41, 5.74) is 5.07. The highest BCUT2D eigenvalue weighted by molar-refractivity contribution is 5.66. The molecule has 0 unspecified atom stereocenters. The first kappa shape index (κ1) is 22.9. The van der Waals surface area contributed by atoms with Crippen LogP contribution >= 0.6 is 0 Å². The third kappa shape index (κ3) is 4.78. The van der Waals surface area contributed by atoms with Gasteiger partial charge in [-0.25, -0.2) is 9.18 Å². The molecule has 0 aliphatic carbocycles. The summed E-state index contributed by atoms with van der Waals surface area (Å²) in [4.78, 5) is 51.1. The minimum Gasteiger partial charge on any atom is -0.464 e. The molecule has 164 valence electrons. The van der Waals surface area contributed by atoms with Crippen molar-refractivity contribution in [3.63, 3.8) is 0 Å². The zero-order chi connectivity index (χ0) is 22.5. The van der Waals surface area contributed by atoms with Crippen LogP contribution in [0.3, 0.4) is 0 Å². The minimum absolute atomic E-state index is 0.0408. The number of azide groups is 1. The summed E-state index contributed by atoms with van der Waals surface area (Å²) < 4.78 is 31.2. The van der Waals surface area contributed by atoms with Gasteiger partial charge in [0.15, 0.2) is 24.2 Å². The molecule has 14 heteroatoms. The Balaban J connectivity index is 2.39. The van der Waals surface area contributed by atoms with E-state index < -0.39 is 47.4 Å². The number of halogens is 1. The van der Waals surface area contributed by atoms with Crippen molar-refractivity contribution < 1.29 is 28.2 Å². The molecule has 0 amide bonds. The molecule has 30 heavy (non-hydrogen) atoms. The van der Waals surface area contributed by atoms with Crippen molar-refractivity contribution in [2.45, 2.75) is 51.4 Å². The molecule has 0 bridgehead atoms. The number of nitrogens with one attached hydrogen (secondary N) is 2. The van der Waals surface area contributed by atoms with E-state index in [0.717, 1.165) is 17.7 Å². The van der Waals surface area contributed by atoms with Gasteiger partial charge in [0.2, 0.25) is 0 Å². The molecule has 0 saturated carbocycles. The third-order valence-corrected chi connectivity index (χ3v) is 4.31. The Morgan fingerprint density at radius 2 is 2.13 bits per heavy atom. The van der Waals surface area contributed by atoms with Gasteiger partial charge in [0.25, 0.3) is 5.56 Å². The van der Waals surface area contributed by atoms with Crippen LogP contribution in [0.2, 0.25) is 0 Å². The lowest BCUT2D eigenvalue weighted by atomic mass is 10.0. The number of esters is 2. The molecule has 2 heterocycles. The number of aromatic amines is 1. The smallest absolute Gasteiger partial charge is 0.330 e. The molecule has 1 aromatic heterocycles. The summed E-state index contributed by atoms with van der Waals surface area (Å²) in [7, 11) is 0. The number of carbonyl (C=O) groups is 2. The number of alkyl halides is 1. The predicted molar refractivity (Wildman–Crippen MR) is 99.2 cm³/mol. The van der Waals surface area contributed by atoms with Gasteiger partial charge in [-0.05, 0) is 12.0 Å². The number of H-pyrrole nitrogens is 1. The molecule has 0 spiro atoms. The van der Waals surface area contributed by atoms with E-state index in [4.69, 9.17) is 19.7 Å². The van der Waals surface area contributed by atoms with Crippen LogP contribution in [0.15, 0.2) is 20.9 Å². The van der Waals surface area contributed by atoms with Crippen molar-refractivity contribution in [2.24, 2.45) is 5.11 Å². The molecule has 2 N–H and O–H groups in total. The number of carbonyl (C=O) groups excluding carboxylic acids is 2. The quantitative estimate of drug-likeness (QED) is 0.200. The van der Waals surface area contributed by atoms with Gasteiger partial charge < -0.3 is 19.5 Å². The standard InChI is InChI=1S/C16H21FN6O7/c1-4-16(21-22-18)12(29-9(3)25)11(17)14(30-16)23-7-10(13(26)20-15(23)27)19-5-6-28-8(2)24/h7,11-12,14,19H,4-6H2,1-3H3,(H,20,26,27)/t11-,12-,14+,16+/m0/s1. The van der Waals surface area contributed by atoms with Gasteiger partial charge in [0.05, 0.1) is 0 Å². The SMILES string of the molecule is CC[C@@]1(N=[N+]=[N-])O[C@@H](n2cc(NCCOC(C)=O)c(=O)[nH]c2=O)[C@@H](F)[C@@H]1OC(C)=O. The summed E-state index contributed by atoms with van der Waals surface area (Å²) >= 11 is 0. The molecule has 0 radical (unpaired) electrons. The number of nitrogens with zero attached hydrogens (tertiary/aromatic N) is 4. The fourth-order valence-corrected chi connectivity index (χ4v) is 2.98. The normalized spacial score (nSPS) is 25.3. The van der Waals surface area contributed by atoms with Crippen molar-refractivity contribution >= 4 is 17.6 Å². The Labute approximate surface area is 168 Å². The van der Waals surface area contributed by atoms with E-state index in [1.807, 2.05) is 4.98 Å². The van der Waals surface area contributed by atoms with E-state index in [0.29, 0.717) is 0 Å². The largest absolute Gasteiger partial charge is 0.464 e. The first-order valence-electron chi connectivity index (χ1n) is 8.93. The fraction of sp³-hybridized carbons (Fsp3) is 0.625. The van der Waals surface area contributed by atoms with Gasteiger partial charge >= 0.3 is 17.6 Å². The van der Waals surface area contributed by atoms with Gasteiger partial charge in [-0.2, -0.15) is 0 Å². The monoisotopic (exact) mass is 428 g/mol. The van der Waals surface area contributed by atoms with Crippen molar-refractivity contribution in [1.82, 2.24) is 9.55 Å². The maximum Gasteiger partial charge on any atom is 0.330 e. The third-order valence-electron chi connectivity index (χ3n) is 4.31. The topological polar surface area (TPSA) is 177 Å². The average molecular weight is 428 g/mol. The van der Waals surface area contributed by atoms with Crippen LogP contribution in [0.5, 0.6) is 0 Å². The van der Waals surface area contributed by atoms with Crippen molar-refractivity contribution in [2.75, 3.05) is 18.5 Å². The van der Waals surface area contributed by atoms with Crippen molar-refractivity contribution in [3.8, 4) is 0 Å². The molecule has 13 nitrogen and oxygen atoms in total. The molecule has 1 fully saturated rings. The summed E-state index contributed by atoms with van der Waals surface area (Å²) in [5, 5.41) is 6.12. The van der Waals surface area contributed by atoms with Gasteiger partial charge in [0.1, 0.15) is 12.3 Å². The van der Waals surface area contributed by atoms with Crippen molar-refractivity contribution in [3.05, 3.63) is 37.5 Å². The van der Waals surface area contributed by atoms with Gasteiger partial charge in [-0.1, -0.05) is 12.0 Å². The summed E-state index contributed by atoms with van der Waals surface area (Å²) in [5.74, 6) is -1.35. The van der Waals surface area contributed by atoms with Crippen LogP contribution in [-0.2, 0) is 23.8 Å². The summed E-state index contributed by atoms with van der Waals surface area (Å²) in [6.07, 6.45) is -4.40. The highest BCUT2D eigenvalue weighted by Gasteiger charge is 2.58. The highest BCUT2D eigenvalue weighted by atomic mass is 19.1. The highest BCUT2D eigenvalue weighted by Crippen LogP contribution is 2.43. The molecule has 1 aromatic rings. The van der Waals surface area contributed by atoms with Crippen molar-refractivity contribution in [1.29, 1.82) is 0 Å². The van der Waals surface area contributed by atoms with E-state index in [2.05, 4.69) is 15.3 Å². The number of ether oxygens (including phenoxy) is 3. The number of anilines is 1. The lowest BCUT2D eigenvalue weighted by Gasteiger charge is -2.27. The zero-order valence-electron chi connectivity index (χ0n) is 16.5. The van der Waals surface area contributed by atoms with E-state index in [1.165, 1.54) is 13.8 Å². The second-order valence-corrected chi connectivity index (χ2v) is 6.35. The van der Waals surface area contributed by atoms with Crippen LogP contribution in [0.4, 0.5) is 10.1 Å². The Morgan fingerprint density at radius 3 is 2.70 bits per heavy atom. The molecule has 1 aliphatic rings. The van der Waals surface area contributed by atoms with E-state index in [1.54, 1.807) is 0 Å². The minimum atomic E-state index is -2.09. The summed E-state index contributed by atoms with van der Waals surface area (Å²) in [6.45, 7) is 3.78. The van der Waals surface area contributed by atoms with E-state index >= 15 is 4.39 Å². The Hall–Kier alpha value is -3.38. The fourth-order valence-electron chi connectivity index (χ4n) is 2.98. The molecule has 2 rings (SSSR count). The molecule has 1 saturated heterocycles. The Bertz CT molecular complexity index is 972. The average Bonchev–Trinajstić information content (AvgIpc) is 2.93. The maximum absolute atomic E-state index is 15.2. The van der Waals surface area contributed by atoms with Gasteiger partial charge in [-0.15, -0.1) is 0 Å². The Morgan fingerprint density at radius 1 is 1.43 bits per heavy atom. The van der Waals surface area contributed by atoms with Crippen LogP contribution in [0.25, 0.3) is 10.4 Å². The Kier molecular flexibility index (Phi) is 7.19. The van der Waals surface area contributed by atoms with Crippen LogP contribution in [-0.4, -0.2) is 52.6 Å². The van der Waals surface area contributed by atoms with Gasteiger partial charge in [-0.3, -0.25) is 23.9 Å². The van der Waals surface area contributed by atoms with Crippen LogP contribution in [0, 0.1) is 0 Å². The molecular weight excluding hydrogens is 407 g/mol. The molecule has 0 aromatic carbocycles. The number of hydrogen-bond acceptors (Lipinski definition) is 9. The van der Waals surface area contributed by atoms with Crippen LogP contribution < -0.4 is 16.6 Å². The number of rotatable bonds is 8. The molecular formula is C16H21FN6O7. The van der Waals surface area contributed by atoms with Gasteiger partial charge in [0, 0.05) is 31.5 Å². The zero-order valence-corrected chi connectivity index (χ0v) is 16.5. The molecule has 4 atom stereocenters. The first-order chi connectivity index (χ1) is 14.1. The second-order valence-electron chi connectivity index (χ2n) is 6.35. The lowest BCUT2D eigenvalue weighted by molar-refractivity contribution is -0.160. The lowest BCUT2D eigenvalue weighted by Crippen LogP contribution is -2.42. The van der Waals surface area contributed by atoms with Crippen LogP contribution in [0.1, 0.15) is 33.4 Å². The predicted octanol–water partition coefficient (Wildman–Crippen LogP) is 0.727. The number of hydrogen-bond donors (Lipinski definition) is 2. The summed E-state index contributed by atoms with van der Waals surface area (Å²) in [6, 6.07) is 0. The second kappa shape index (κ2) is 9.41. The van der Waals surface area contributed by atoms with E-state index in [9.17, 15) is 19.2 Å². The van der Waals surface area contributed by atoms with E-state index in [-0.39, 0.29) is 25.3 Å². The maximum atomic E-state index is 15.2. The number of aromatic nitrogens is 2. The first-order valence-corrected chi connectivity index (χ1v) is 8.93.